The molecule has 5 heterocycles. The molecule has 2 N–H and O–H groups in total. The third kappa shape index (κ3) is 4.68. The highest BCUT2D eigenvalue weighted by Crippen LogP contribution is 2.29. The van der Waals surface area contributed by atoms with E-state index in [9.17, 15) is 0 Å². The average molecular weight is 464 g/mol. The molecule has 170 valence electrons. The minimum absolute atomic E-state index is 0.268. The molecule has 0 radical (unpaired) electrons. The summed E-state index contributed by atoms with van der Waals surface area (Å²) in [6, 6.07) is 8.29. The highest BCUT2D eigenvalue weighted by molar-refractivity contribution is 6.32. The lowest BCUT2D eigenvalue weighted by molar-refractivity contribution is 0.365. The van der Waals surface area contributed by atoms with Gasteiger partial charge in [-0.1, -0.05) is 24.6 Å². The van der Waals surface area contributed by atoms with Gasteiger partial charge in [0.1, 0.15) is 17.2 Å². The van der Waals surface area contributed by atoms with E-state index in [-0.39, 0.29) is 6.04 Å². The van der Waals surface area contributed by atoms with Gasteiger partial charge in [0, 0.05) is 43.3 Å². The number of fused-ring (bicyclic) bond motifs is 1. The molecule has 0 aliphatic carbocycles. The SMILES string of the molecule is CCC1CN(c2ccc(C)cn2)CCC1Nc1nc(Nc2ccn3cnnc3c2)ncc1Cl. The zero-order valence-corrected chi connectivity index (χ0v) is 19.4. The second-order valence-electron chi connectivity index (χ2n) is 8.37. The number of piperidine rings is 1. The van der Waals surface area contributed by atoms with Crippen molar-refractivity contribution in [3.8, 4) is 0 Å². The summed E-state index contributed by atoms with van der Waals surface area (Å²) in [5.74, 6) is 2.59. The number of hydrogen-bond donors (Lipinski definition) is 2. The highest BCUT2D eigenvalue weighted by atomic mass is 35.5. The van der Waals surface area contributed by atoms with Crippen LogP contribution in [0.15, 0.2) is 49.2 Å². The monoisotopic (exact) mass is 463 g/mol. The molecule has 1 aliphatic heterocycles. The maximum absolute atomic E-state index is 6.45. The molecular formula is C23H26ClN9. The van der Waals surface area contributed by atoms with Crippen LogP contribution in [-0.2, 0) is 0 Å². The van der Waals surface area contributed by atoms with E-state index >= 15 is 0 Å². The molecule has 0 saturated carbocycles. The number of halogens is 1. The number of pyridine rings is 2. The van der Waals surface area contributed by atoms with Crippen LogP contribution in [0.25, 0.3) is 5.65 Å². The molecule has 0 amide bonds. The summed E-state index contributed by atoms with van der Waals surface area (Å²) in [7, 11) is 0. The highest BCUT2D eigenvalue weighted by Gasteiger charge is 2.29. The predicted octanol–water partition coefficient (Wildman–Crippen LogP) is 4.34. The zero-order valence-electron chi connectivity index (χ0n) is 18.6. The van der Waals surface area contributed by atoms with Crippen LogP contribution < -0.4 is 15.5 Å². The lowest BCUT2D eigenvalue weighted by Gasteiger charge is -2.39. The quantitative estimate of drug-likeness (QED) is 0.436. The van der Waals surface area contributed by atoms with Crippen LogP contribution in [-0.4, -0.2) is 48.7 Å². The van der Waals surface area contributed by atoms with E-state index in [4.69, 9.17) is 11.6 Å². The van der Waals surface area contributed by atoms with Crippen LogP contribution in [0, 0.1) is 12.8 Å². The van der Waals surface area contributed by atoms with Crippen LogP contribution in [0.1, 0.15) is 25.3 Å². The second-order valence-corrected chi connectivity index (χ2v) is 8.78. The first-order valence-corrected chi connectivity index (χ1v) is 11.5. The van der Waals surface area contributed by atoms with E-state index in [2.05, 4.69) is 66.7 Å². The molecule has 10 heteroatoms. The summed E-state index contributed by atoms with van der Waals surface area (Å²) < 4.78 is 1.84. The van der Waals surface area contributed by atoms with Gasteiger partial charge in [0.2, 0.25) is 5.95 Å². The van der Waals surface area contributed by atoms with Crippen LogP contribution in [0.2, 0.25) is 5.02 Å². The first-order chi connectivity index (χ1) is 16.1. The van der Waals surface area contributed by atoms with Gasteiger partial charge in [-0.25, -0.2) is 9.97 Å². The number of nitrogens with zero attached hydrogens (tertiary/aromatic N) is 7. The molecular weight excluding hydrogens is 438 g/mol. The Morgan fingerprint density at radius 3 is 2.91 bits per heavy atom. The molecule has 4 aromatic rings. The molecule has 0 bridgehead atoms. The standard InChI is InChI=1S/C23H26ClN9/c1-3-16-13-32(20-5-4-15(2)11-25-20)9-7-19(16)29-22-18(24)12-26-23(30-22)28-17-6-8-33-14-27-31-21(33)10-17/h4-6,8,10-12,14,16,19H,3,7,9,13H2,1-2H3,(H2,26,28,29,30). The lowest BCUT2D eigenvalue weighted by Crippen LogP contribution is -2.46. The number of nitrogens with one attached hydrogen (secondary N) is 2. The van der Waals surface area contributed by atoms with Crippen molar-refractivity contribution >= 4 is 40.5 Å². The van der Waals surface area contributed by atoms with E-state index in [1.165, 1.54) is 5.56 Å². The third-order valence-corrected chi connectivity index (χ3v) is 6.38. The molecule has 1 saturated heterocycles. The zero-order chi connectivity index (χ0) is 22.8. The Morgan fingerprint density at radius 2 is 2.09 bits per heavy atom. The van der Waals surface area contributed by atoms with E-state index in [1.807, 2.05) is 28.9 Å². The minimum atomic E-state index is 0.268. The second kappa shape index (κ2) is 9.19. The Kier molecular flexibility index (Phi) is 5.95. The van der Waals surface area contributed by atoms with Gasteiger partial charge in [-0.15, -0.1) is 10.2 Å². The fourth-order valence-corrected chi connectivity index (χ4v) is 4.37. The first-order valence-electron chi connectivity index (χ1n) is 11.1. The molecule has 5 rings (SSSR count). The predicted molar refractivity (Wildman–Crippen MR) is 130 cm³/mol. The lowest BCUT2D eigenvalue weighted by atomic mass is 9.90. The summed E-state index contributed by atoms with van der Waals surface area (Å²) in [5, 5.41) is 15.3. The fraction of sp³-hybridized carbons (Fsp3) is 0.348. The Hall–Kier alpha value is -3.46. The average Bonchev–Trinajstić information content (AvgIpc) is 3.30. The van der Waals surface area contributed by atoms with Crippen molar-refractivity contribution in [1.29, 1.82) is 0 Å². The topological polar surface area (TPSA) is 96.2 Å². The summed E-state index contributed by atoms with van der Waals surface area (Å²) in [6.07, 6.45) is 9.12. The van der Waals surface area contributed by atoms with Crippen LogP contribution >= 0.6 is 11.6 Å². The van der Waals surface area contributed by atoms with Crippen molar-refractivity contribution in [3.05, 3.63) is 59.8 Å². The van der Waals surface area contributed by atoms with Crippen molar-refractivity contribution in [2.24, 2.45) is 5.92 Å². The number of anilines is 4. The van der Waals surface area contributed by atoms with Gasteiger partial charge in [-0.05, 0) is 43.4 Å². The van der Waals surface area contributed by atoms with Crippen molar-refractivity contribution in [3.63, 3.8) is 0 Å². The molecule has 0 aromatic carbocycles. The molecule has 0 spiro atoms. The number of hydrogen-bond acceptors (Lipinski definition) is 8. The minimum Gasteiger partial charge on any atom is -0.366 e. The first kappa shape index (κ1) is 21.4. The smallest absolute Gasteiger partial charge is 0.229 e. The van der Waals surface area contributed by atoms with Gasteiger partial charge in [0.15, 0.2) is 11.5 Å². The summed E-state index contributed by atoms with van der Waals surface area (Å²) in [6.45, 7) is 6.15. The molecule has 2 atom stereocenters. The van der Waals surface area contributed by atoms with E-state index < -0.39 is 0 Å². The Balaban J connectivity index is 1.29. The van der Waals surface area contributed by atoms with E-state index in [1.54, 1.807) is 12.5 Å². The molecule has 9 nitrogen and oxygen atoms in total. The van der Waals surface area contributed by atoms with Gasteiger partial charge in [-0.3, -0.25) is 4.40 Å². The third-order valence-electron chi connectivity index (χ3n) is 6.10. The molecule has 33 heavy (non-hydrogen) atoms. The Labute approximate surface area is 197 Å². The normalized spacial score (nSPS) is 18.5. The molecule has 4 aromatic heterocycles. The van der Waals surface area contributed by atoms with Crippen molar-refractivity contribution in [2.45, 2.75) is 32.7 Å². The van der Waals surface area contributed by atoms with Gasteiger partial charge >= 0.3 is 0 Å². The Morgan fingerprint density at radius 1 is 1.18 bits per heavy atom. The molecule has 1 fully saturated rings. The van der Waals surface area contributed by atoms with Gasteiger partial charge in [0.05, 0.1) is 6.20 Å². The van der Waals surface area contributed by atoms with E-state index in [0.29, 0.717) is 22.7 Å². The van der Waals surface area contributed by atoms with Gasteiger partial charge < -0.3 is 15.5 Å². The summed E-state index contributed by atoms with van der Waals surface area (Å²) >= 11 is 6.45. The van der Waals surface area contributed by atoms with Crippen molar-refractivity contribution < 1.29 is 0 Å². The van der Waals surface area contributed by atoms with Crippen LogP contribution in [0.3, 0.4) is 0 Å². The fourth-order valence-electron chi connectivity index (χ4n) is 4.22. The van der Waals surface area contributed by atoms with Crippen LogP contribution in [0.5, 0.6) is 0 Å². The molecule has 2 unspecified atom stereocenters. The van der Waals surface area contributed by atoms with Crippen molar-refractivity contribution in [2.75, 3.05) is 28.6 Å². The van der Waals surface area contributed by atoms with Gasteiger partial charge in [-0.2, -0.15) is 4.98 Å². The summed E-state index contributed by atoms with van der Waals surface area (Å²) in [5.41, 5.74) is 2.74. The number of aromatic nitrogens is 6. The van der Waals surface area contributed by atoms with Crippen molar-refractivity contribution in [1.82, 2.24) is 29.5 Å². The summed E-state index contributed by atoms with van der Waals surface area (Å²) in [4.78, 5) is 16.0. The maximum atomic E-state index is 6.45. The Bertz CT molecular complexity index is 1240. The maximum Gasteiger partial charge on any atom is 0.229 e. The molecule has 1 aliphatic rings. The van der Waals surface area contributed by atoms with Crippen LogP contribution in [0.4, 0.5) is 23.3 Å². The number of rotatable bonds is 6. The van der Waals surface area contributed by atoms with Gasteiger partial charge in [0.25, 0.3) is 0 Å². The largest absolute Gasteiger partial charge is 0.366 e. The van der Waals surface area contributed by atoms with E-state index in [0.717, 1.165) is 43.1 Å². The number of aryl methyl sites for hydroxylation is 1.